The maximum atomic E-state index is 12.6. The molecule has 0 saturated carbocycles. The molecule has 2 aromatic carbocycles. The summed E-state index contributed by atoms with van der Waals surface area (Å²) in [6.07, 6.45) is 0.709. The van der Waals surface area contributed by atoms with Gasteiger partial charge in [0, 0.05) is 24.9 Å². The number of amides is 1. The van der Waals surface area contributed by atoms with Crippen molar-refractivity contribution in [1.29, 1.82) is 0 Å². The lowest BCUT2D eigenvalue weighted by atomic mass is 10.1. The molecule has 1 fully saturated rings. The van der Waals surface area contributed by atoms with Crippen LogP contribution in [0.15, 0.2) is 65.2 Å². The summed E-state index contributed by atoms with van der Waals surface area (Å²) in [7, 11) is 0. The molecule has 27 heavy (non-hydrogen) atoms. The molecule has 6 heteroatoms. The number of hydrogen-bond donors (Lipinski definition) is 0. The molecule has 2 heterocycles. The van der Waals surface area contributed by atoms with Crippen LogP contribution in [0, 0.1) is 0 Å². The summed E-state index contributed by atoms with van der Waals surface area (Å²) in [4.78, 5) is 18.8. The van der Waals surface area contributed by atoms with E-state index in [2.05, 4.69) is 10.1 Å². The van der Waals surface area contributed by atoms with Crippen molar-refractivity contribution in [1.82, 2.24) is 15.0 Å². The summed E-state index contributed by atoms with van der Waals surface area (Å²) < 4.78 is 11.1. The topological polar surface area (TPSA) is 68.5 Å². The molecule has 1 amide bonds. The fraction of sp³-hybridized carbons (Fsp3) is 0.286. The molecule has 0 bridgehead atoms. The number of hydrogen-bond acceptors (Lipinski definition) is 5. The van der Waals surface area contributed by atoms with Gasteiger partial charge < -0.3 is 14.2 Å². The van der Waals surface area contributed by atoms with Gasteiger partial charge in [0.05, 0.1) is 13.2 Å². The molecular formula is C21H21N3O3. The lowest BCUT2D eigenvalue weighted by Gasteiger charge is -2.33. The molecule has 138 valence electrons. The number of carbonyl (C=O) groups excluding carboxylic acids is 1. The Kier molecular flexibility index (Phi) is 5.25. The molecule has 3 aromatic rings. The molecule has 1 aliphatic rings. The predicted octanol–water partition coefficient (Wildman–Crippen LogP) is 3.27. The molecule has 1 saturated heterocycles. The third-order valence-electron chi connectivity index (χ3n) is 4.64. The van der Waals surface area contributed by atoms with Crippen LogP contribution >= 0.6 is 0 Å². The zero-order valence-electron chi connectivity index (χ0n) is 15.0. The van der Waals surface area contributed by atoms with Gasteiger partial charge in [0.1, 0.15) is 6.10 Å². The minimum absolute atomic E-state index is 0.0722. The van der Waals surface area contributed by atoms with Crippen LogP contribution in [0.3, 0.4) is 0 Å². The van der Waals surface area contributed by atoms with Crippen molar-refractivity contribution in [3.05, 3.63) is 72.1 Å². The highest BCUT2D eigenvalue weighted by molar-refractivity contribution is 5.76. The predicted molar refractivity (Wildman–Crippen MR) is 99.8 cm³/mol. The zero-order chi connectivity index (χ0) is 18.5. The fourth-order valence-electron chi connectivity index (χ4n) is 3.18. The molecule has 0 N–H and O–H groups in total. The van der Waals surface area contributed by atoms with Crippen LogP contribution in [0.2, 0.25) is 0 Å². The Balaban J connectivity index is 1.33. The average molecular weight is 363 g/mol. The molecule has 0 spiro atoms. The first-order chi connectivity index (χ1) is 13.3. The van der Waals surface area contributed by atoms with E-state index in [0.29, 0.717) is 44.3 Å². The lowest BCUT2D eigenvalue weighted by molar-refractivity contribution is -0.139. The summed E-state index contributed by atoms with van der Waals surface area (Å²) in [6.45, 7) is 1.73. The SMILES string of the molecule is O=C(CCc1nc(-c2ccccc2)no1)N1CCOC(c2ccccc2)C1. The van der Waals surface area contributed by atoms with Crippen LogP contribution < -0.4 is 0 Å². The first-order valence-corrected chi connectivity index (χ1v) is 9.12. The number of ether oxygens (including phenoxy) is 1. The van der Waals surface area contributed by atoms with Gasteiger partial charge in [-0.05, 0) is 5.56 Å². The number of aryl methyl sites for hydroxylation is 1. The molecular weight excluding hydrogens is 342 g/mol. The smallest absolute Gasteiger partial charge is 0.227 e. The molecule has 0 aliphatic carbocycles. The summed E-state index contributed by atoms with van der Waals surface area (Å²) >= 11 is 0. The second-order valence-electron chi connectivity index (χ2n) is 6.49. The molecule has 0 radical (unpaired) electrons. The first kappa shape index (κ1) is 17.4. The minimum Gasteiger partial charge on any atom is -0.370 e. The first-order valence-electron chi connectivity index (χ1n) is 9.12. The summed E-state index contributed by atoms with van der Waals surface area (Å²) in [5, 5.41) is 4.00. The number of benzene rings is 2. The largest absolute Gasteiger partial charge is 0.370 e. The van der Waals surface area contributed by atoms with Gasteiger partial charge in [-0.1, -0.05) is 65.8 Å². The summed E-state index contributed by atoms with van der Waals surface area (Å²) in [5.41, 5.74) is 2.00. The van der Waals surface area contributed by atoms with E-state index in [1.165, 1.54) is 0 Å². The highest BCUT2D eigenvalue weighted by atomic mass is 16.5. The normalized spacial score (nSPS) is 17.0. The van der Waals surface area contributed by atoms with E-state index in [4.69, 9.17) is 9.26 Å². The van der Waals surface area contributed by atoms with Gasteiger partial charge in [0.15, 0.2) is 0 Å². The van der Waals surface area contributed by atoms with E-state index >= 15 is 0 Å². The van der Waals surface area contributed by atoms with Crippen molar-refractivity contribution >= 4 is 5.91 Å². The van der Waals surface area contributed by atoms with Gasteiger partial charge in [0.25, 0.3) is 0 Å². The van der Waals surface area contributed by atoms with Gasteiger partial charge >= 0.3 is 0 Å². The van der Waals surface area contributed by atoms with Gasteiger partial charge in [0.2, 0.25) is 17.6 Å². The van der Waals surface area contributed by atoms with Crippen LogP contribution in [0.5, 0.6) is 0 Å². The van der Waals surface area contributed by atoms with Crippen molar-refractivity contribution in [3.63, 3.8) is 0 Å². The molecule has 1 aromatic heterocycles. The number of carbonyl (C=O) groups is 1. The van der Waals surface area contributed by atoms with E-state index in [1.807, 2.05) is 65.6 Å². The quantitative estimate of drug-likeness (QED) is 0.696. The van der Waals surface area contributed by atoms with Gasteiger partial charge in [-0.3, -0.25) is 4.79 Å². The Labute approximate surface area is 157 Å². The van der Waals surface area contributed by atoms with Gasteiger partial charge in [-0.15, -0.1) is 0 Å². The Hall–Kier alpha value is -2.99. The fourth-order valence-corrected chi connectivity index (χ4v) is 3.18. The van der Waals surface area contributed by atoms with E-state index in [-0.39, 0.29) is 12.0 Å². The van der Waals surface area contributed by atoms with Crippen molar-refractivity contribution in [2.24, 2.45) is 0 Å². The Bertz CT molecular complexity index is 880. The van der Waals surface area contributed by atoms with E-state index < -0.39 is 0 Å². The summed E-state index contributed by atoms with van der Waals surface area (Å²) in [5.74, 6) is 1.11. The van der Waals surface area contributed by atoms with Crippen LogP contribution in [-0.4, -0.2) is 40.6 Å². The van der Waals surface area contributed by atoms with E-state index in [9.17, 15) is 4.79 Å². The Morgan fingerprint density at radius 3 is 2.59 bits per heavy atom. The standard InChI is InChI=1S/C21H21N3O3/c25-20(24-13-14-26-18(15-24)16-7-3-1-4-8-16)12-11-19-22-21(23-27-19)17-9-5-2-6-10-17/h1-10,18H,11-15H2. The third kappa shape index (κ3) is 4.23. The average Bonchev–Trinajstić information content (AvgIpc) is 3.22. The highest BCUT2D eigenvalue weighted by Gasteiger charge is 2.25. The Morgan fingerprint density at radius 2 is 1.81 bits per heavy atom. The Morgan fingerprint density at radius 1 is 1.07 bits per heavy atom. The number of nitrogens with zero attached hydrogens (tertiary/aromatic N) is 3. The lowest BCUT2D eigenvalue weighted by Crippen LogP contribution is -2.42. The molecule has 4 rings (SSSR count). The van der Waals surface area contributed by atoms with E-state index in [1.54, 1.807) is 0 Å². The van der Waals surface area contributed by atoms with Crippen LogP contribution in [0.25, 0.3) is 11.4 Å². The van der Waals surface area contributed by atoms with Crippen LogP contribution in [0.1, 0.15) is 24.0 Å². The third-order valence-corrected chi connectivity index (χ3v) is 4.64. The van der Waals surface area contributed by atoms with Crippen molar-refractivity contribution < 1.29 is 14.1 Å². The molecule has 1 unspecified atom stereocenters. The number of morpholine rings is 1. The van der Waals surface area contributed by atoms with Gasteiger partial charge in [-0.2, -0.15) is 4.98 Å². The summed E-state index contributed by atoms with van der Waals surface area (Å²) in [6, 6.07) is 19.7. The van der Waals surface area contributed by atoms with Crippen LogP contribution in [0.4, 0.5) is 0 Å². The maximum Gasteiger partial charge on any atom is 0.227 e. The maximum absolute atomic E-state index is 12.6. The van der Waals surface area contributed by atoms with Crippen molar-refractivity contribution in [2.75, 3.05) is 19.7 Å². The monoisotopic (exact) mass is 363 g/mol. The second kappa shape index (κ2) is 8.14. The molecule has 1 atom stereocenters. The minimum atomic E-state index is -0.0722. The van der Waals surface area contributed by atoms with Gasteiger partial charge in [-0.25, -0.2) is 0 Å². The number of aromatic nitrogens is 2. The zero-order valence-corrected chi connectivity index (χ0v) is 15.0. The van der Waals surface area contributed by atoms with Crippen molar-refractivity contribution in [3.8, 4) is 11.4 Å². The van der Waals surface area contributed by atoms with Crippen molar-refractivity contribution in [2.45, 2.75) is 18.9 Å². The van der Waals surface area contributed by atoms with E-state index in [0.717, 1.165) is 11.1 Å². The highest BCUT2D eigenvalue weighted by Crippen LogP contribution is 2.22. The molecule has 6 nitrogen and oxygen atoms in total. The molecule has 1 aliphatic heterocycles. The second-order valence-corrected chi connectivity index (χ2v) is 6.49. The number of rotatable bonds is 5. The van der Waals surface area contributed by atoms with Crippen LogP contribution in [-0.2, 0) is 16.0 Å².